The van der Waals surface area contributed by atoms with E-state index < -0.39 is 5.97 Å². The summed E-state index contributed by atoms with van der Waals surface area (Å²) in [5, 5.41) is 3.25. The van der Waals surface area contributed by atoms with Gasteiger partial charge in [0.2, 0.25) is 0 Å². The molecule has 94 valence electrons. The van der Waals surface area contributed by atoms with Gasteiger partial charge in [-0.1, -0.05) is 0 Å². The van der Waals surface area contributed by atoms with Crippen molar-refractivity contribution in [1.82, 2.24) is 5.32 Å². The third kappa shape index (κ3) is 2.06. The fourth-order valence-corrected chi connectivity index (χ4v) is 2.09. The fourth-order valence-electron chi connectivity index (χ4n) is 1.71. The molecule has 1 amide bonds. The molecule has 0 saturated carbocycles. The van der Waals surface area contributed by atoms with Crippen LogP contribution in [0.5, 0.6) is 0 Å². The maximum Gasteiger partial charge on any atom is 0.337 e. The highest BCUT2D eigenvalue weighted by molar-refractivity contribution is 7.80. The zero-order valence-corrected chi connectivity index (χ0v) is 10.8. The van der Waals surface area contributed by atoms with Crippen molar-refractivity contribution in [1.29, 1.82) is 0 Å². The van der Waals surface area contributed by atoms with Crippen LogP contribution in [0.4, 0.5) is 5.69 Å². The van der Waals surface area contributed by atoms with Crippen LogP contribution in [0.3, 0.4) is 0 Å². The monoisotopic (exact) mass is 264 g/mol. The second kappa shape index (κ2) is 4.73. The number of esters is 1. The summed E-state index contributed by atoms with van der Waals surface area (Å²) in [6.45, 7) is 1.75. The standard InChI is InChI=1S/C12H12N2O3S/c1-7-10(15)14(12(18)13-7)9-5-3-8(4-6-9)11(16)17-2/h3-7H,1-2H3,(H,13,18)/t7-/m0/s1. The first-order valence-corrected chi connectivity index (χ1v) is 5.78. The van der Waals surface area contributed by atoms with Gasteiger partial charge in [-0.3, -0.25) is 9.69 Å². The zero-order valence-electron chi connectivity index (χ0n) is 9.97. The van der Waals surface area contributed by atoms with E-state index in [-0.39, 0.29) is 11.9 Å². The molecule has 1 fully saturated rings. The van der Waals surface area contributed by atoms with E-state index in [2.05, 4.69) is 10.1 Å². The number of rotatable bonds is 2. The molecule has 1 atom stereocenters. The Bertz CT molecular complexity index is 513. The van der Waals surface area contributed by atoms with Crippen LogP contribution in [-0.4, -0.2) is 30.1 Å². The number of thiocarbonyl (C=S) groups is 1. The normalized spacial score (nSPS) is 18.8. The number of nitrogens with one attached hydrogen (secondary N) is 1. The summed E-state index contributed by atoms with van der Waals surface area (Å²) in [6.07, 6.45) is 0. The molecular formula is C12H12N2O3S. The van der Waals surface area contributed by atoms with Gasteiger partial charge in [0.1, 0.15) is 6.04 Å². The Morgan fingerprint density at radius 2 is 2.00 bits per heavy atom. The molecule has 6 heteroatoms. The molecule has 1 saturated heterocycles. The maximum absolute atomic E-state index is 11.9. The molecule has 1 aromatic carbocycles. The molecule has 0 aromatic heterocycles. The van der Waals surface area contributed by atoms with Crippen molar-refractivity contribution in [3.8, 4) is 0 Å². The van der Waals surface area contributed by atoms with E-state index >= 15 is 0 Å². The van der Waals surface area contributed by atoms with Gasteiger partial charge >= 0.3 is 5.97 Å². The highest BCUT2D eigenvalue weighted by atomic mass is 32.1. The number of nitrogens with zero attached hydrogens (tertiary/aromatic N) is 1. The zero-order chi connectivity index (χ0) is 13.3. The van der Waals surface area contributed by atoms with Gasteiger partial charge in [0.25, 0.3) is 5.91 Å². The van der Waals surface area contributed by atoms with Gasteiger partial charge in [-0.25, -0.2) is 4.79 Å². The molecule has 1 aromatic rings. The lowest BCUT2D eigenvalue weighted by molar-refractivity contribution is -0.117. The number of carbonyl (C=O) groups is 2. The Labute approximate surface area is 110 Å². The van der Waals surface area contributed by atoms with E-state index in [4.69, 9.17) is 12.2 Å². The minimum atomic E-state index is -0.414. The van der Waals surface area contributed by atoms with Gasteiger partial charge in [-0.05, 0) is 43.4 Å². The molecule has 1 aliphatic rings. The van der Waals surface area contributed by atoms with Crippen LogP contribution in [-0.2, 0) is 9.53 Å². The first-order valence-electron chi connectivity index (χ1n) is 5.37. The Morgan fingerprint density at radius 1 is 1.39 bits per heavy atom. The van der Waals surface area contributed by atoms with Crippen LogP contribution in [0.15, 0.2) is 24.3 Å². The maximum atomic E-state index is 11.9. The smallest absolute Gasteiger partial charge is 0.337 e. The van der Waals surface area contributed by atoms with Crippen molar-refractivity contribution in [2.45, 2.75) is 13.0 Å². The van der Waals surface area contributed by atoms with Crippen molar-refractivity contribution >= 4 is 34.9 Å². The summed E-state index contributed by atoms with van der Waals surface area (Å²) < 4.78 is 4.60. The summed E-state index contributed by atoms with van der Waals surface area (Å²) in [5.41, 5.74) is 1.06. The highest BCUT2D eigenvalue weighted by Crippen LogP contribution is 2.20. The molecular weight excluding hydrogens is 252 g/mol. The Balaban J connectivity index is 2.27. The number of anilines is 1. The summed E-state index contributed by atoms with van der Waals surface area (Å²) in [5.74, 6) is -0.519. The SMILES string of the molecule is COC(=O)c1ccc(N2C(=O)[C@H](C)NC2=S)cc1. The van der Waals surface area contributed by atoms with Crippen LogP contribution in [0.1, 0.15) is 17.3 Å². The van der Waals surface area contributed by atoms with Gasteiger partial charge in [-0.2, -0.15) is 0 Å². The molecule has 0 bridgehead atoms. The first kappa shape index (κ1) is 12.5. The van der Waals surface area contributed by atoms with Crippen LogP contribution < -0.4 is 10.2 Å². The summed E-state index contributed by atoms with van der Waals surface area (Å²) in [4.78, 5) is 24.6. The third-order valence-electron chi connectivity index (χ3n) is 2.68. The minimum Gasteiger partial charge on any atom is -0.465 e. The second-order valence-corrected chi connectivity index (χ2v) is 4.27. The average Bonchev–Trinajstić information content (AvgIpc) is 2.63. The van der Waals surface area contributed by atoms with Crippen LogP contribution in [0.25, 0.3) is 0 Å². The summed E-state index contributed by atoms with van der Waals surface area (Å²) >= 11 is 5.09. The Hall–Kier alpha value is -1.95. The predicted molar refractivity (Wildman–Crippen MR) is 70.5 cm³/mol. The van der Waals surface area contributed by atoms with Crippen molar-refractivity contribution in [3.63, 3.8) is 0 Å². The molecule has 0 aliphatic carbocycles. The predicted octanol–water partition coefficient (Wildman–Crippen LogP) is 1.08. The van der Waals surface area contributed by atoms with E-state index in [1.54, 1.807) is 31.2 Å². The second-order valence-electron chi connectivity index (χ2n) is 3.88. The molecule has 0 spiro atoms. The molecule has 0 radical (unpaired) electrons. The molecule has 2 rings (SSSR count). The average molecular weight is 264 g/mol. The van der Waals surface area contributed by atoms with E-state index in [1.807, 2.05) is 0 Å². The minimum absolute atomic E-state index is 0.106. The van der Waals surface area contributed by atoms with E-state index in [0.717, 1.165) is 0 Å². The largest absolute Gasteiger partial charge is 0.465 e. The van der Waals surface area contributed by atoms with Crippen LogP contribution >= 0.6 is 12.2 Å². The quantitative estimate of drug-likeness (QED) is 0.640. The fraction of sp³-hybridized carbons (Fsp3) is 0.250. The summed E-state index contributed by atoms with van der Waals surface area (Å²) in [6, 6.07) is 6.20. The number of carbonyl (C=O) groups excluding carboxylic acids is 2. The van der Waals surface area contributed by atoms with Crippen molar-refractivity contribution < 1.29 is 14.3 Å². The topological polar surface area (TPSA) is 58.6 Å². The van der Waals surface area contributed by atoms with Crippen LogP contribution in [0, 0.1) is 0 Å². The lowest BCUT2D eigenvalue weighted by atomic mass is 10.2. The number of ether oxygens (including phenoxy) is 1. The van der Waals surface area contributed by atoms with Crippen LogP contribution in [0.2, 0.25) is 0 Å². The third-order valence-corrected chi connectivity index (χ3v) is 2.98. The van der Waals surface area contributed by atoms with Crippen molar-refractivity contribution in [2.75, 3.05) is 12.0 Å². The Morgan fingerprint density at radius 3 is 2.44 bits per heavy atom. The molecule has 18 heavy (non-hydrogen) atoms. The number of benzene rings is 1. The number of hydrogen-bond donors (Lipinski definition) is 1. The molecule has 1 heterocycles. The van der Waals surface area contributed by atoms with Crippen molar-refractivity contribution in [2.24, 2.45) is 0 Å². The van der Waals surface area contributed by atoms with Gasteiger partial charge in [0.15, 0.2) is 5.11 Å². The van der Waals surface area contributed by atoms with E-state index in [1.165, 1.54) is 12.0 Å². The number of hydrogen-bond acceptors (Lipinski definition) is 4. The van der Waals surface area contributed by atoms with E-state index in [0.29, 0.717) is 16.4 Å². The van der Waals surface area contributed by atoms with Gasteiger partial charge in [0, 0.05) is 0 Å². The lowest BCUT2D eigenvalue weighted by Crippen LogP contribution is -2.30. The Kier molecular flexibility index (Phi) is 3.29. The van der Waals surface area contributed by atoms with Gasteiger partial charge in [0.05, 0.1) is 18.4 Å². The molecule has 1 aliphatic heterocycles. The molecule has 5 nitrogen and oxygen atoms in total. The van der Waals surface area contributed by atoms with Gasteiger partial charge in [-0.15, -0.1) is 0 Å². The first-order chi connectivity index (χ1) is 8.54. The molecule has 1 N–H and O–H groups in total. The number of amides is 1. The van der Waals surface area contributed by atoms with Gasteiger partial charge < -0.3 is 10.1 Å². The lowest BCUT2D eigenvalue weighted by Gasteiger charge is -2.14. The molecule has 0 unspecified atom stereocenters. The number of methoxy groups -OCH3 is 1. The van der Waals surface area contributed by atoms with Crippen molar-refractivity contribution in [3.05, 3.63) is 29.8 Å². The van der Waals surface area contributed by atoms with E-state index in [9.17, 15) is 9.59 Å². The highest BCUT2D eigenvalue weighted by Gasteiger charge is 2.33. The summed E-state index contributed by atoms with van der Waals surface area (Å²) in [7, 11) is 1.32.